The Morgan fingerprint density at radius 3 is 2.83 bits per heavy atom. The molecule has 2 N–H and O–H groups in total. The summed E-state index contributed by atoms with van der Waals surface area (Å²) in [6.45, 7) is 1.79. The SMILES string of the molecule is CC(O)c1cc(C(=O)NCc2nnc(-c3ccccc3)s2)no1. The Bertz CT molecular complexity index is 798. The molecule has 118 valence electrons. The van der Waals surface area contributed by atoms with Gasteiger partial charge in [-0.1, -0.05) is 46.8 Å². The first-order chi connectivity index (χ1) is 11.1. The van der Waals surface area contributed by atoms with Crippen molar-refractivity contribution in [1.29, 1.82) is 0 Å². The molecule has 0 spiro atoms. The Morgan fingerprint density at radius 1 is 1.35 bits per heavy atom. The number of hydrogen-bond acceptors (Lipinski definition) is 7. The van der Waals surface area contributed by atoms with Crippen LogP contribution in [-0.2, 0) is 6.54 Å². The van der Waals surface area contributed by atoms with Crippen molar-refractivity contribution in [2.75, 3.05) is 0 Å². The van der Waals surface area contributed by atoms with Crippen molar-refractivity contribution < 1.29 is 14.4 Å². The molecule has 7 nitrogen and oxygen atoms in total. The molecule has 1 atom stereocenters. The lowest BCUT2D eigenvalue weighted by Gasteiger charge is -1.98. The third-order valence-electron chi connectivity index (χ3n) is 3.06. The summed E-state index contributed by atoms with van der Waals surface area (Å²) in [5.41, 5.74) is 1.11. The molecule has 0 radical (unpaired) electrons. The van der Waals surface area contributed by atoms with Gasteiger partial charge >= 0.3 is 0 Å². The third-order valence-corrected chi connectivity index (χ3v) is 4.03. The Hall–Kier alpha value is -2.58. The lowest BCUT2D eigenvalue weighted by atomic mass is 10.2. The van der Waals surface area contributed by atoms with Gasteiger partial charge in [-0.3, -0.25) is 4.79 Å². The van der Waals surface area contributed by atoms with E-state index in [1.807, 2.05) is 30.3 Å². The van der Waals surface area contributed by atoms with Gasteiger partial charge in [0.1, 0.15) is 16.1 Å². The lowest BCUT2D eigenvalue weighted by Crippen LogP contribution is -2.23. The fourth-order valence-electron chi connectivity index (χ4n) is 1.86. The molecular weight excluding hydrogens is 316 g/mol. The molecule has 0 aliphatic carbocycles. The average molecular weight is 330 g/mol. The number of hydrogen-bond donors (Lipinski definition) is 2. The van der Waals surface area contributed by atoms with Crippen LogP contribution < -0.4 is 5.32 Å². The number of aliphatic hydroxyl groups excluding tert-OH is 1. The molecule has 1 unspecified atom stereocenters. The zero-order valence-electron chi connectivity index (χ0n) is 12.3. The summed E-state index contributed by atoms with van der Waals surface area (Å²) < 4.78 is 4.87. The van der Waals surface area contributed by atoms with Crippen LogP contribution in [0.15, 0.2) is 40.9 Å². The minimum atomic E-state index is -0.805. The molecule has 2 aromatic heterocycles. The van der Waals surface area contributed by atoms with Gasteiger partial charge in [0.2, 0.25) is 0 Å². The number of aromatic nitrogens is 3. The number of amides is 1. The predicted octanol–water partition coefficient (Wildman–Crippen LogP) is 2.18. The van der Waals surface area contributed by atoms with E-state index >= 15 is 0 Å². The highest BCUT2D eigenvalue weighted by molar-refractivity contribution is 7.14. The molecule has 0 saturated heterocycles. The molecule has 0 aliphatic heterocycles. The minimum Gasteiger partial charge on any atom is -0.385 e. The number of nitrogens with zero attached hydrogens (tertiary/aromatic N) is 3. The van der Waals surface area contributed by atoms with Crippen molar-refractivity contribution in [3.8, 4) is 10.6 Å². The van der Waals surface area contributed by atoms with Crippen LogP contribution in [0.4, 0.5) is 0 Å². The summed E-state index contributed by atoms with van der Waals surface area (Å²) in [5, 5.41) is 25.3. The molecule has 2 heterocycles. The van der Waals surface area contributed by atoms with Crippen LogP contribution in [0.2, 0.25) is 0 Å². The average Bonchev–Trinajstić information content (AvgIpc) is 3.23. The van der Waals surface area contributed by atoms with E-state index in [0.717, 1.165) is 10.6 Å². The molecule has 3 aromatic rings. The summed E-state index contributed by atoms with van der Waals surface area (Å²) >= 11 is 1.41. The van der Waals surface area contributed by atoms with Gasteiger partial charge in [0.05, 0.1) is 6.54 Å². The zero-order chi connectivity index (χ0) is 16.2. The molecule has 1 aromatic carbocycles. The van der Waals surface area contributed by atoms with Gasteiger partial charge in [-0.05, 0) is 6.92 Å². The van der Waals surface area contributed by atoms with Crippen LogP contribution in [0, 0.1) is 0 Å². The van der Waals surface area contributed by atoms with Crippen LogP contribution in [0.3, 0.4) is 0 Å². The third kappa shape index (κ3) is 3.61. The summed E-state index contributed by atoms with van der Waals surface area (Å²) in [4.78, 5) is 12.0. The Morgan fingerprint density at radius 2 is 2.13 bits per heavy atom. The van der Waals surface area contributed by atoms with Gasteiger partial charge in [0.25, 0.3) is 5.91 Å². The fourth-order valence-corrected chi connectivity index (χ4v) is 2.65. The standard InChI is InChI=1S/C15H14N4O3S/c1-9(20)12-7-11(19-22-12)14(21)16-8-13-17-18-15(23-13)10-5-3-2-4-6-10/h2-7,9,20H,8H2,1H3,(H,16,21). The van der Waals surface area contributed by atoms with Crippen LogP contribution in [0.25, 0.3) is 10.6 Å². The quantitative estimate of drug-likeness (QED) is 0.743. The maximum absolute atomic E-state index is 12.0. The van der Waals surface area contributed by atoms with Crippen molar-refractivity contribution >= 4 is 17.2 Å². The summed E-state index contributed by atoms with van der Waals surface area (Å²) in [5.74, 6) is -0.144. The van der Waals surface area contributed by atoms with Crippen LogP contribution in [0.5, 0.6) is 0 Å². The summed E-state index contributed by atoms with van der Waals surface area (Å²) in [6.07, 6.45) is -0.805. The van der Waals surface area contributed by atoms with Gasteiger partial charge in [0, 0.05) is 11.6 Å². The van der Waals surface area contributed by atoms with Crippen molar-refractivity contribution in [1.82, 2.24) is 20.7 Å². The molecule has 0 aliphatic rings. The van der Waals surface area contributed by atoms with Gasteiger partial charge in [-0.15, -0.1) is 10.2 Å². The first kappa shape index (κ1) is 15.3. The molecule has 1 amide bonds. The minimum absolute atomic E-state index is 0.119. The van der Waals surface area contributed by atoms with E-state index < -0.39 is 12.0 Å². The molecular formula is C15H14N4O3S. The van der Waals surface area contributed by atoms with Gasteiger partial charge in [0.15, 0.2) is 11.5 Å². The second kappa shape index (κ2) is 6.67. The zero-order valence-corrected chi connectivity index (χ0v) is 13.1. The van der Waals surface area contributed by atoms with E-state index in [4.69, 9.17) is 4.52 Å². The molecule has 0 saturated carbocycles. The maximum Gasteiger partial charge on any atom is 0.273 e. The van der Waals surface area contributed by atoms with Crippen LogP contribution in [-0.4, -0.2) is 26.4 Å². The number of aliphatic hydroxyl groups is 1. The van der Waals surface area contributed by atoms with Crippen molar-refractivity contribution in [3.05, 3.63) is 52.9 Å². The van der Waals surface area contributed by atoms with E-state index in [1.54, 1.807) is 0 Å². The van der Waals surface area contributed by atoms with E-state index in [0.29, 0.717) is 5.01 Å². The largest absolute Gasteiger partial charge is 0.385 e. The predicted molar refractivity (Wildman–Crippen MR) is 83.7 cm³/mol. The number of carbonyl (C=O) groups excluding carboxylic acids is 1. The number of benzene rings is 1. The summed E-state index contributed by atoms with van der Waals surface area (Å²) in [7, 11) is 0. The highest BCUT2D eigenvalue weighted by atomic mass is 32.1. The Kier molecular flexibility index (Phi) is 4.45. The molecule has 8 heteroatoms. The highest BCUT2D eigenvalue weighted by Crippen LogP contribution is 2.22. The van der Waals surface area contributed by atoms with Crippen molar-refractivity contribution in [3.63, 3.8) is 0 Å². The van der Waals surface area contributed by atoms with E-state index in [-0.39, 0.29) is 18.0 Å². The van der Waals surface area contributed by atoms with Crippen LogP contribution >= 0.6 is 11.3 Å². The second-order valence-corrected chi connectivity index (χ2v) is 5.90. The van der Waals surface area contributed by atoms with Gasteiger partial charge in [-0.2, -0.15) is 0 Å². The first-order valence-electron chi connectivity index (χ1n) is 6.94. The Balaban J connectivity index is 1.62. The van der Waals surface area contributed by atoms with E-state index in [2.05, 4.69) is 20.7 Å². The van der Waals surface area contributed by atoms with Gasteiger partial charge < -0.3 is 14.9 Å². The van der Waals surface area contributed by atoms with E-state index in [9.17, 15) is 9.90 Å². The summed E-state index contributed by atoms with van der Waals surface area (Å²) in [6, 6.07) is 11.1. The van der Waals surface area contributed by atoms with Crippen molar-refractivity contribution in [2.45, 2.75) is 19.6 Å². The molecule has 23 heavy (non-hydrogen) atoms. The van der Waals surface area contributed by atoms with Crippen molar-refractivity contribution in [2.24, 2.45) is 0 Å². The number of nitrogens with one attached hydrogen (secondary N) is 1. The van der Waals surface area contributed by atoms with Crippen LogP contribution in [0.1, 0.15) is 34.3 Å². The molecule has 0 fully saturated rings. The monoisotopic (exact) mass is 330 g/mol. The topological polar surface area (TPSA) is 101 Å². The number of carbonyl (C=O) groups is 1. The Labute approximate surface area is 136 Å². The molecule has 0 bridgehead atoms. The second-order valence-electron chi connectivity index (χ2n) is 4.84. The fraction of sp³-hybridized carbons (Fsp3) is 0.200. The highest BCUT2D eigenvalue weighted by Gasteiger charge is 2.15. The first-order valence-corrected chi connectivity index (χ1v) is 7.76. The molecule has 3 rings (SSSR count). The smallest absolute Gasteiger partial charge is 0.273 e. The van der Waals surface area contributed by atoms with Gasteiger partial charge in [-0.25, -0.2) is 0 Å². The normalized spacial score (nSPS) is 12.1. The maximum atomic E-state index is 12.0. The lowest BCUT2D eigenvalue weighted by molar-refractivity contribution is 0.0940. The number of rotatable bonds is 5. The van der Waals surface area contributed by atoms with E-state index in [1.165, 1.54) is 24.3 Å².